The lowest BCUT2D eigenvalue weighted by Crippen LogP contribution is -2.48. The fourth-order valence-corrected chi connectivity index (χ4v) is 4.05. The third-order valence-corrected chi connectivity index (χ3v) is 5.51. The zero-order valence-electron chi connectivity index (χ0n) is 16.0. The molecule has 0 spiro atoms. The highest BCUT2D eigenvalue weighted by molar-refractivity contribution is 7.92. The molecule has 2 aromatic rings. The lowest BCUT2D eigenvalue weighted by Gasteiger charge is -2.28. The highest BCUT2D eigenvalue weighted by atomic mass is 32.2. The van der Waals surface area contributed by atoms with Crippen LogP contribution < -0.4 is 14.5 Å². The number of anilines is 2. The summed E-state index contributed by atoms with van der Waals surface area (Å²) in [6.45, 7) is 2.86. The summed E-state index contributed by atoms with van der Waals surface area (Å²) in [7, 11) is -1.58. The topological polar surface area (TPSA) is 69.7 Å². The summed E-state index contributed by atoms with van der Waals surface area (Å²) in [6.07, 6.45) is 1.87. The molecule has 0 radical (unpaired) electrons. The molecule has 1 amide bonds. The van der Waals surface area contributed by atoms with Gasteiger partial charge in [0.25, 0.3) is 0 Å². The molecule has 0 aliphatic heterocycles. The van der Waals surface area contributed by atoms with Crippen LogP contribution in [0.25, 0.3) is 0 Å². The minimum Gasteiger partial charge on any atom is -0.375 e. The normalized spacial score (nSPS) is 12.3. The lowest BCUT2D eigenvalue weighted by molar-refractivity contribution is -0.121. The molecule has 0 aliphatic carbocycles. The predicted molar refractivity (Wildman–Crippen MR) is 111 cm³/mol. The van der Waals surface area contributed by atoms with Crippen molar-refractivity contribution in [2.24, 2.45) is 0 Å². The van der Waals surface area contributed by atoms with Crippen LogP contribution in [0, 0.1) is 0 Å². The zero-order chi connectivity index (χ0) is 19.9. The molecular formula is C20H27N3O3S. The van der Waals surface area contributed by atoms with Crippen LogP contribution in [-0.4, -0.2) is 46.8 Å². The Balaban J connectivity index is 1.90. The van der Waals surface area contributed by atoms with Crippen LogP contribution in [0.3, 0.4) is 0 Å². The first-order valence-electron chi connectivity index (χ1n) is 8.89. The van der Waals surface area contributed by atoms with Crippen molar-refractivity contribution in [3.05, 3.63) is 60.7 Å². The number of benzene rings is 2. The number of nitrogens with one attached hydrogen (secondary N) is 1. The average molecular weight is 390 g/mol. The van der Waals surface area contributed by atoms with Crippen LogP contribution in [0.5, 0.6) is 0 Å². The molecule has 0 unspecified atom stereocenters. The van der Waals surface area contributed by atoms with Gasteiger partial charge in [-0.3, -0.25) is 9.10 Å². The average Bonchev–Trinajstić information content (AvgIpc) is 2.65. The van der Waals surface area contributed by atoms with E-state index >= 15 is 0 Å². The van der Waals surface area contributed by atoms with Gasteiger partial charge < -0.3 is 10.2 Å². The molecule has 0 saturated carbocycles. The van der Waals surface area contributed by atoms with Gasteiger partial charge in [0.05, 0.1) is 11.9 Å². The second kappa shape index (κ2) is 9.41. The van der Waals surface area contributed by atoms with Crippen molar-refractivity contribution in [2.45, 2.75) is 19.4 Å². The number of hydrogen-bond donors (Lipinski definition) is 1. The van der Waals surface area contributed by atoms with Gasteiger partial charge in [-0.25, -0.2) is 8.42 Å². The van der Waals surface area contributed by atoms with Crippen molar-refractivity contribution in [1.82, 2.24) is 5.32 Å². The number of amides is 1. The Labute approximate surface area is 161 Å². The molecule has 0 heterocycles. The second-order valence-electron chi connectivity index (χ2n) is 6.47. The molecule has 0 aliphatic rings. The lowest BCUT2D eigenvalue weighted by atomic mass is 10.2. The van der Waals surface area contributed by atoms with Crippen molar-refractivity contribution >= 4 is 27.3 Å². The van der Waals surface area contributed by atoms with E-state index in [9.17, 15) is 13.2 Å². The quantitative estimate of drug-likeness (QED) is 0.669. The van der Waals surface area contributed by atoms with E-state index < -0.39 is 16.1 Å². The summed E-state index contributed by atoms with van der Waals surface area (Å²) in [4.78, 5) is 14.6. The Kier molecular flexibility index (Phi) is 7.24. The molecule has 2 aromatic carbocycles. The molecule has 27 heavy (non-hydrogen) atoms. The minimum absolute atomic E-state index is 0.313. The molecule has 1 atom stereocenters. The van der Waals surface area contributed by atoms with Crippen LogP contribution in [-0.2, 0) is 14.8 Å². The van der Waals surface area contributed by atoms with Gasteiger partial charge in [-0.2, -0.15) is 0 Å². The number of hydrogen-bond acceptors (Lipinski definition) is 4. The minimum atomic E-state index is -3.58. The molecule has 146 valence electrons. The first kappa shape index (κ1) is 20.8. The van der Waals surface area contributed by atoms with E-state index in [1.807, 2.05) is 37.4 Å². The summed E-state index contributed by atoms with van der Waals surface area (Å²) >= 11 is 0. The summed E-state index contributed by atoms with van der Waals surface area (Å²) in [5.41, 5.74) is 1.59. The van der Waals surface area contributed by atoms with Gasteiger partial charge in [0.2, 0.25) is 15.9 Å². The molecule has 1 N–H and O–H groups in total. The number of rotatable bonds is 9. The number of carbonyl (C=O) groups is 1. The molecule has 7 heteroatoms. The summed E-state index contributed by atoms with van der Waals surface area (Å²) in [5.74, 6) is -0.313. The van der Waals surface area contributed by atoms with Crippen LogP contribution in [0.2, 0.25) is 0 Å². The smallest absolute Gasteiger partial charge is 0.243 e. The molecular weight excluding hydrogens is 362 g/mol. The molecule has 0 fully saturated rings. The Bertz CT molecular complexity index is 826. The highest BCUT2D eigenvalue weighted by Crippen LogP contribution is 2.20. The Morgan fingerprint density at radius 2 is 1.52 bits per heavy atom. The Hall–Kier alpha value is -2.54. The van der Waals surface area contributed by atoms with Gasteiger partial charge in [-0.1, -0.05) is 36.4 Å². The van der Waals surface area contributed by atoms with Crippen molar-refractivity contribution in [1.29, 1.82) is 0 Å². The number of carbonyl (C=O) groups excluding carboxylic acids is 1. The van der Waals surface area contributed by atoms with Crippen molar-refractivity contribution in [3.8, 4) is 0 Å². The van der Waals surface area contributed by atoms with Crippen molar-refractivity contribution < 1.29 is 13.2 Å². The van der Waals surface area contributed by atoms with Crippen LogP contribution in [0.1, 0.15) is 13.3 Å². The van der Waals surface area contributed by atoms with E-state index in [1.54, 1.807) is 37.3 Å². The monoisotopic (exact) mass is 389 g/mol. The molecule has 2 rings (SSSR count). The number of sulfonamides is 1. The van der Waals surface area contributed by atoms with Crippen molar-refractivity contribution in [2.75, 3.05) is 35.6 Å². The Morgan fingerprint density at radius 3 is 2.04 bits per heavy atom. The van der Waals surface area contributed by atoms with Gasteiger partial charge >= 0.3 is 0 Å². The SMILES string of the molecule is C[C@H](C(=O)NCCCN(C)c1ccccc1)N(c1ccccc1)S(C)(=O)=O. The molecule has 0 bridgehead atoms. The summed E-state index contributed by atoms with van der Waals surface area (Å²) in [6, 6.07) is 17.8. The van der Waals surface area contributed by atoms with E-state index in [0.717, 1.165) is 29.2 Å². The number of para-hydroxylation sites is 2. The molecule has 0 aromatic heterocycles. The van der Waals surface area contributed by atoms with E-state index in [0.29, 0.717) is 12.2 Å². The maximum atomic E-state index is 12.5. The van der Waals surface area contributed by atoms with E-state index in [1.165, 1.54) is 0 Å². The maximum Gasteiger partial charge on any atom is 0.243 e. The van der Waals surface area contributed by atoms with Gasteiger partial charge in [-0.05, 0) is 37.6 Å². The fraction of sp³-hybridized carbons (Fsp3) is 0.350. The fourth-order valence-electron chi connectivity index (χ4n) is 2.87. The number of nitrogens with zero attached hydrogens (tertiary/aromatic N) is 2. The first-order valence-corrected chi connectivity index (χ1v) is 10.7. The third kappa shape index (κ3) is 5.99. The van der Waals surface area contributed by atoms with E-state index in [4.69, 9.17) is 0 Å². The molecule has 6 nitrogen and oxygen atoms in total. The van der Waals surface area contributed by atoms with Crippen LogP contribution in [0.15, 0.2) is 60.7 Å². The predicted octanol–water partition coefficient (Wildman–Crippen LogP) is 2.48. The summed E-state index contributed by atoms with van der Waals surface area (Å²) in [5, 5.41) is 2.84. The second-order valence-corrected chi connectivity index (χ2v) is 8.33. The molecule has 0 saturated heterocycles. The standard InChI is InChI=1S/C20H27N3O3S/c1-17(23(27(3,25)26)19-13-8-5-9-14-19)20(24)21-15-10-16-22(2)18-11-6-4-7-12-18/h4-9,11-14,17H,10,15-16H2,1-3H3,(H,21,24)/t17-/m1/s1. The maximum absolute atomic E-state index is 12.5. The largest absolute Gasteiger partial charge is 0.375 e. The summed E-state index contributed by atoms with van der Waals surface area (Å²) < 4.78 is 25.5. The highest BCUT2D eigenvalue weighted by Gasteiger charge is 2.28. The third-order valence-electron chi connectivity index (χ3n) is 4.27. The zero-order valence-corrected chi connectivity index (χ0v) is 16.8. The van der Waals surface area contributed by atoms with E-state index in [-0.39, 0.29) is 5.91 Å². The van der Waals surface area contributed by atoms with Crippen molar-refractivity contribution in [3.63, 3.8) is 0 Å². The van der Waals surface area contributed by atoms with Crippen LogP contribution in [0.4, 0.5) is 11.4 Å². The van der Waals surface area contributed by atoms with Gasteiger partial charge in [0.1, 0.15) is 6.04 Å². The van der Waals surface area contributed by atoms with Gasteiger partial charge in [0, 0.05) is 25.8 Å². The first-order chi connectivity index (χ1) is 12.8. The Morgan fingerprint density at radius 1 is 1.00 bits per heavy atom. The van der Waals surface area contributed by atoms with Gasteiger partial charge in [0.15, 0.2) is 0 Å². The van der Waals surface area contributed by atoms with E-state index in [2.05, 4.69) is 10.2 Å². The van der Waals surface area contributed by atoms with Crippen LogP contribution >= 0.6 is 0 Å². The van der Waals surface area contributed by atoms with Gasteiger partial charge in [-0.15, -0.1) is 0 Å².